The van der Waals surface area contributed by atoms with E-state index in [2.05, 4.69) is 6.07 Å². The van der Waals surface area contributed by atoms with Crippen LogP contribution in [0, 0.1) is 20.8 Å². The molecular formula is C12H15ClO2. The molecule has 0 aliphatic heterocycles. The minimum absolute atomic E-state index is 0.478. The van der Waals surface area contributed by atoms with Crippen molar-refractivity contribution in [2.24, 2.45) is 0 Å². The molecule has 2 nitrogen and oxygen atoms in total. The third-order valence-corrected chi connectivity index (χ3v) is 2.69. The van der Waals surface area contributed by atoms with Crippen molar-refractivity contribution in [2.45, 2.75) is 33.8 Å². The smallest absolute Gasteiger partial charge is 0.262 e. The topological polar surface area (TPSA) is 26.3 Å². The molecule has 0 saturated carbocycles. The van der Waals surface area contributed by atoms with Crippen LogP contribution in [0.25, 0.3) is 0 Å². The maximum absolute atomic E-state index is 10.9. The van der Waals surface area contributed by atoms with Crippen molar-refractivity contribution in [2.75, 3.05) is 0 Å². The third-order valence-electron chi connectivity index (χ3n) is 2.39. The summed E-state index contributed by atoms with van der Waals surface area (Å²) in [5, 5.41) is -0.478. The summed E-state index contributed by atoms with van der Waals surface area (Å²) in [6.45, 7) is 7.62. The minimum Gasteiger partial charge on any atom is -0.481 e. The Labute approximate surface area is 95.2 Å². The van der Waals surface area contributed by atoms with E-state index in [0.29, 0.717) is 0 Å². The zero-order chi connectivity index (χ0) is 11.6. The molecule has 0 radical (unpaired) electrons. The maximum atomic E-state index is 10.9. The molecule has 82 valence electrons. The number of rotatable bonds is 3. The predicted molar refractivity (Wildman–Crippen MR) is 61.6 cm³/mol. The Morgan fingerprint density at radius 3 is 2.47 bits per heavy atom. The van der Waals surface area contributed by atoms with Gasteiger partial charge in [-0.25, -0.2) is 0 Å². The SMILES string of the molecule is Cc1cc(C)c(C)c(OC(C)C(=O)Cl)c1. The fourth-order valence-corrected chi connectivity index (χ4v) is 1.40. The average Bonchev–Trinajstić information content (AvgIpc) is 2.13. The number of carbonyl (C=O) groups is 1. The predicted octanol–water partition coefficient (Wildman–Crippen LogP) is 3.14. The second-order valence-electron chi connectivity index (χ2n) is 3.77. The van der Waals surface area contributed by atoms with Crippen LogP contribution in [-0.4, -0.2) is 11.3 Å². The molecule has 1 aromatic rings. The van der Waals surface area contributed by atoms with Crippen molar-refractivity contribution in [3.63, 3.8) is 0 Å². The summed E-state index contributed by atoms with van der Waals surface area (Å²) in [5.41, 5.74) is 3.31. The summed E-state index contributed by atoms with van der Waals surface area (Å²) >= 11 is 5.35. The standard InChI is InChI=1S/C12H15ClO2/c1-7-5-8(2)9(3)11(6-7)15-10(4)12(13)14/h5-6,10H,1-4H3. The van der Waals surface area contributed by atoms with Gasteiger partial charge in [-0.05, 0) is 62.1 Å². The fraction of sp³-hybridized carbons (Fsp3) is 0.417. The summed E-state index contributed by atoms with van der Waals surface area (Å²) in [5.74, 6) is 0.731. The molecule has 0 amide bonds. The lowest BCUT2D eigenvalue weighted by Crippen LogP contribution is -2.19. The Bertz CT molecular complexity index is 385. The number of ether oxygens (including phenoxy) is 1. The van der Waals surface area contributed by atoms with Crippen molar-refractivity contribution in [1.82, 2.24) is 0 Å². The Hall–Kier alpha value is -1.02. The lowest BCUT2D eigenvalue weighted by Gasteiger charge is -2.15. The van der Waals surface area contributed by atoms with Crippen LogP contribution in [0.5, 0.6) is 5.75 Å². The van der Waals surface area contributed by atoms with E-state index in [-0.39, 0.29) is 0 Å². The van der Waals surface area contributed by atoms with Crippen molar-refractivity contribution < 1.29 is 9.53 Å². The molecular weight excluding hydrogens is 212 g/mol. The number of hydrogen-bond donors (Lipinski definition) is 0. The zero-order valence-corrected chi connectivity index (χ0v) is 10.2. The van der Waals surface area contributed by atoms with E-state index in [1.807, 2.05) is 26.8 Å². The lowest BCUT2D eigenvalue weighted by atomic mass is 10.1. The van der Waals surface area contributed by atoms with E-state index < -0.39 is 11.3 Å². The summed E-state index contributed by atoms with van der Waals surface area (Å²) < 4.78 is 5.49. The molecule has 0 N–H and O–H groups in total. The van der Waals surface area contributed by atoms with Crippen LogP contribution in [0.3, 0.4) is 0 Å². The Balaban J connectivity index is 2.99. The lowest BCUT2D eigenvalue weighted by molar-refractivity contribution is -0.117. The highest BCUT2D eigenvalue weighted by atomic mass is 35.5. The Morgan fingerprint density at radius 2 is 1.93 bits per heavy atom. The Morgan fingerprint density at radius 1 is 1.33 bits per heavy atom. The van der Waals surface area contributed by atoms with Crippen molar-refractivity contribution in [3.8, 4) is 5.75 Å². The highest BCUT2D eigenvalue weighted by Gasteiger charge is 2.13. The number of hydrogen-bond acceptors (Lipinski definition) is 2. The van der Waals surface area contributed by atoms with E-state index in [9.17, 15) is 4.79 Å². The molecule has 1 unspecified atom stereocenters. The fourth-order valence-electron chi connectivity index (χ4n) is 1.36. The normalized spacial score (nSPS) is 12.3. The van der Waals surface area contributed by atoms with Crippen molar-refractivity contribution in [1.29, 1.82) is 0 Å². The first-order valence-corrected chi connectivity index (χ1v) is 5.23. The summed E-state index contributed by atoms with van der Waals surface area (Å²) in [6.07, 6.45) is -0.605. The Kier molecular flexibility index (Phi) is 3.75. The van der Waals surface area contributed by atoms with Gasteiger partial charge < -0.3 is 4.74 Å². The van der Waals surface area contributed by atoms with Crippen LogP contribution in [0.4, 0.5) is 0 Å². The highest BCUT2D eigenvalue weighted by molar-refractivity contribution is 6.64. The van der Waals surface area contributed by atoms with E-state index >= 15 is 0 Å². The van der Waals surface area contributed by atoms with Gasteiger partial charge in [0.15, 0.2) is 6.10 Å². The van der Waals surface area contributed by atoms with Gasteiger partial charge in [-0.3, -0.25) is 4.79 Å². The highest BCUT2D eigenvalue weighted by Crippen LogP contribution is 2.24. The van der Waals surface area contributed by atoms with Crippen LogP contribution < -0.4 is 4.74 Å². The molecule has 0 aromatic heterocycles. The van der Waals surface area contributed by atoms with Gasteiger partial charge in [0.25, 0.3) is 5.24 Å². The molecule has 1 atom stereocenters. The first kappa shape index (κ1) is 12.1. The maximum Gasteiger partial charge on any atom is 0.262 e. The monoisotopic (exact) mass is 226 g/mol. The molecule has 0 heterocycles. The van der Waals surface area contributed by atoms with Crippen LogP contribution in [0.2, 0.25) is 0 Å². The molecule has 0 bridgehead atoms. The number of carbonyl (C=O) groups excluding carboxylic acids is 1. The summed E-state index contributed by atoms with van der Waals surface area (Å²) in [4.78, 5) is 10.9. The van der Waals surface area contributed by atoms with Gasteiger partial charge >= 0.3 is 0 Å². The molecule has 1 aromatic carbocycles. The van der Waals surface area contributed by atoms with Gasteiger partial charge in [0, 0.05) is 0 Å². The average molecular weight is 227 g/mol. The van der Waals surface area contributed by atoms with E-state index in [0.717, 1.165) is 22.4 Å². The third kappa shape index (κ3) is 2.96. The van der Waals surface area contributed by atoms with E-state index in [4.69, 9.17) is 16.3 Å². The van der Waals surface area contributed by atoms with Crippen LogP contribution >= 0.6 is 11.6 Å². The molecule has 0 saturated heterocycles. The zero-order valence-electron chi connectivity index (χ0n) is 9.43. The van der Waals surface area contributed by atoms with Gasteiger partial charge in [-0.1, -0.05) is 6.07 Å². The van der Waals surface area contributed by atoms with Gasteiger partial charge in [-0.15, -0.1) is 0 Å². The molecule has 15 heavy (non-hydrogen) atoms. The summed E-state index contributed by atoms with van der Waals surface area (Å²) in [7, 11) is 0. The molecule has 0 aliphatic carbocycles. The van der Waals surface area contributed by atoms with Crippen LogP contribution in [0.15, 0.2) is 12.1 Å². The summed E-state index contributed by atoms with van der Waals surface area (Å²) in [6, 6.07) is 3.99. The number of halogens is 1. The first-order chi connectivity index (χ1) is 6.91. The van der Waals surface area contributed by atoms with Crippen LogP contribution in [0.1, 0.15) is 23.6 Å². The minimum atomic E-state index is -0.605. The van der Waals surface area contributed by atoms with E-state index in [1.54, 1.807) is 6.92 Å². The van der Waals surface area contributed by atoms with E-state index in [1.165, 1.54) is 0 Å². The molecule has 0 spiro atoms. The van der Waals surface area contributed by atoms with Gasteiger partial charge in [0.1, 0.15) is 5.75 Å². The molecule has 1 rings (SSSR count). The second-order valence-corrected chi connectivity index (χ2v) is 4.14. The quantitative estimate of drug-likeness (QED) is 0.741. The van der Waals surface area contributed by atoms with Gasteiger partial charge in [0.2, 0.25) is 0 Å². The second kappa shape index (κ2) is 4.67. The number of aryl methyl sites for hydroxylation is 2. The molecule has 0 aliphatic rings. The largest absolute Gasteiger partial charge is 0.481 e. The molecule has 3 heteroatoms. The van der Waals surface area contributed by atoms with Crippen molar-refractivity contribution >= 4 is 16.8 Å². The first-order valence-electron chi connectivity index (χ1n) is 4.85. The van der Waals surface area contributed by atoms with Crippen LogP contribution in [-0.2, 0) is 4.79 Å². The van der Waals surface area contributed by atoms with Gasteiger partial charge in [0.05, 0.1) is 0 Å². The van der Waals surface area contributed by atoms with Crippen molar-refractivity contribution in [3.05, 3.63) is 28.8 Å². The number of benzene rings is 1. The molecule has 0 fully saturated rings. The van der Waals surface area contributed by atoms with Gasteiger partial charge in [-0.2, -0.15) is 0 Å².